The fraction of sp³-hybridized carbons (Fsp3) is 0.833. The highest BCUT2D eigenvalue weighted by atomic mass is 32.2. The van der Waals surface area contributed by atoms with E-state index in [1.807, 2.05) is 11.8 Å². The minimum absolute atomic E-state index is 0.328. The molecule has 0 aromatic rings. The molecule has 1 saturated carbocycles. The molecule has 1 aliphatic rings. The number of hydrogen-bond acceptors (Lipinski definition) is 2. The lowest BCUT2D eigenvalue weighted by Gasteiger charge is -2.10. The summed E-state index contributed by atoms with van der Waals surface area (Å²) in [6, 6.07) is -0.416. The fourth-order valence-corrected chi connectivity index (χ4v) is 1.57. The number of amides is 2. The van der Waals surface area contributed by atoms with Crippen LogP contribution in [0.2, 0.25) is 0 Å². The monoisotopic (exact) mass is 160 g/mol. The molecule has 3 nitrogen and oxygen atoms in total. The van der Waals surface area contributed by atoms with E-state index in [-0.39, 0.29) is 0 Å². The van der Waals surface area contributed by atoms with Gasteiger partial charge in [-0.1, -0.05) is 0 Å². The molecule has 10 heavy (non-hydrogen) atoms. The molecular weight excluding hydrogens is 148 g/mol. The lowest BCUT2D eigenvalue weighted by atomic mass is 10.4. The average Bonchev–Trinajstić information content (AvgIpc) is 2.64. The Labute approximate surface area is 64.7 Å². The maximum Gasteiger partial charge on any atom is 0.312 e. The molecule has 0 aromatic carbocycles. The lowest BCUT2D eigenvalue weighted by Crippen LogP contribution is -2.35. The van der Waals surface area contributed by atoms with Gasteiger partial charge in [-0.25, -0.2) is 4.79 Å². The molecule has 0 spiro atoms. The van der Waals surface area contributed by atoms with Gasteiger partial charge in [-0.2, -0.15) is 11.8 Å². The Morgan fingerprint density at radius 1 is 1.80 bits per heavy atom. The Morgan fingerprint density at radius 2 is 2.40 bits per heavy atom. The summed E-state index contributed by atoms with van der Waals surface area (Å²) in [6.45, 7) is 0.726. The van der Waals surface area contributed by atoms with E-state index in [9.17, 15) is 4.79 Å². The number of nitrogens with two attached hydrogens (primary N) is 1. The highest BCUT2D eigenvalue weighted by molar-refractivity contribution is 8.00. The fourth-order valence-electron chi connectivity index (χ4n) is 0.841. The van der Waals surface area contributed by atoms with Crippen LogP contribution in [-0.2, 0) is 0 Å². The minimum Gasteiger partial charge on any atom is -0.352 e. The summed E-state index contributed by atoms with van der Waals surface area (Å²) in [6.07, 6.45) is 4.47. The molecule has 1 fully saturated rings. The summed E-state index contributed by atoms with van der Waals surface area (Å²) < 4.78 is 0.328. The van der Waals surface area contributed by atoms with Gasteiger partial charge >= 0.3 is 6.03 Å². The second-order valence-electron chi connectivity index (χ2n) is 2.60. The Morgan fingerprint density at radius 3 is 2.70 bits per heavy atom. The largest absolute Gasteiger partial charge is 0.352 e. The third-order valence-electron chi connectivity index (χ3n) is 1.83. The van der Waals surface area contributed by atoms with Gasteiger partial charge in [0, 0.05) is 11.3 Å². The number of hydrogen-bond donors (Lipinski definition) is 2. The third kappa shape index (κ3) is 1.80. The van der Waals surface area contributed by atoms with Crippen LogP contribution in [0.4, 0.5) is 4.79 Å². The van der Waals surface area contributed by atoms with Crippen molar-refractivity contribution in [3.63, 3.8) is 0 Å². The summed E-state index contributed by atoms with van der Waals surface area (Å²) in [5, 5.41) is 2.62. The maximum absolute atomic E-state index is 10.3. The van der Waals surface area contributed by atoms with Crippen LogP contribution in [-0.4, -0.2) is 23.6 Å². The van der Waals surface area contributed by atoms with Crippen molar-refractivity contribution in [3.05, 3.63) is 0 Å². The normalized spacial score (nSPS) is 20.1. The Hall–Kier alpha value is -0.380. The zero-order valence-corrected chi connectivity index (χ0v) is 6.83. The zero-order chi connectivity index (χ0) is 7.61. The van der Waals surface area contributed by atoms with Gasteiger partial charge in [0.25, 0.3) is 0 Å². The first-order chi connectivity index (χ1) is 4.68. The van der Waals surface area contributed by atoms with E-state index >= 15 is 0 Å². The first-order valence-corrected chi connectivity index (χ1v) is 4.49. The van der Waals surface area contributed by atoms with Crippen molar-refractivity contribution in [1.82, 2.24) is 5.32 Å². The maximum atomic E-state index is 10.3. The number of nitrogens with one attached hydrogen (secondary N) is 1. The van der Waals surface area contributed by atoms with E-state index in [0.717, 1.165) is 6.54 Å². The molecule has 0 atom stereocenters. The van der Waals surface area contributed by atoms with Gasteiger partial charge in [-0.15, -0.1) is 0 Å². The molecule has 2 amide bonds. The number of thioether (sulfide) groups is 1. The first-order valence-electron chi connectivity index (χ1n) is 3.27. The van der Waals surface area contributed by atoms with E-state index in [1.54, 1.807) is 0 Å². The highest BCUT2D eigenvalue weighted by Crippen LogP contribution is 2.46. The van der Waals surface area contributed by atoms with Crippen molar-refractivity contribution in [2.45, 2.75) is 17.6 Å². The first kappa shape index (κ1) is 7.72. The highest BCUT2D eigenvalue weighted by Gasteiger charge is 2.41. The van der Waals surface area contributed by atoms with Gasteiger partial charge in [0.1, 0.15) is 0 Å². The predicted molar refractivity (Wildman–Crippen MR) is 43.1 cm³/mol. The van der Waals surface area contributed by atoms with Gasteiger partial charge in [0.05, 0.1) is 0 Å². The molecule has 0 aliphatic heterocycles. The Kier molecular flexibility index (Phi) is 2.08. The SMILES string of the molecule is CSC1(CNC(N)=O)CC1. The summed E-state index contributed by atoms with van der Waals surface area (Å²) in [5.74, 6) is 0. The lowest BCUT2D eigenvalue weighted by molar-refractivity contribution is 0.249. The van der Waals surface area contributed by atoms with Gasteiger partial charge in [0.15, 0.2) is 0 Å². The molecular formula is C6H12N2OS. The van der Waals surface area contributed by atoms with Gasteiger partial charge < -0.3 is 11.1 Å². The topological polar surface area (TPSA) is 55.1 Å². The quantitative estimate of drug-likeness (QED) is 0.633. The van der Waals surface area contributed by atoms with E-state index in [0.29, 0.717) is 4.75 Å². The van der Waals surface area contributed by atoms with Crippen molar-refractivity contribution in [3.8, 4) is 0 Å². The van der Waals surface area contributed by atoms with E-state index < -0.39 is 6.03 Å². The number of rotatable bonds is 3. The van der Waals surface area contributed by atoms with Gasteiger partial charge in [0.2, 0.25) is 0 Å². The molecule has 0 unspecified atom stereocenters. The van der Waals surface area contributed by atoms with Crippen molar-refractivity contribution in [2.75, 3.05) is 12.8 Å². The summed E-state index contributed by atoms with van der Waals surface area (Å²) in [4.78, 5) is 10.3. The van der Waals surface area contributed by atoms with E-state index in [2.05, 4.69) is 11.6 Å². The number of primary amides is 1. The van der Waals surface area contributed by atoms with Crippen LogP contribution in [0, 0.1) is 0 Å². The standard InChI is InChI=1S/C6H12N2OS/c1-10-6(2-3-6)4-8-5(7)9/h2-4H2,1H3,(H3,7,8,9). The van der Waals surface area contributed by atoms with Crippen molar-refractivity contribution in [1.29, 1.82) is 0 Å². The van der Waals surface area contributed by atoms with Crippen molar-refractivity contribution >= 4 is 17.8 Å². The van der Waals surface area contributed by atoms with Crippen LogP contribution in [0.3, 0.4) is 0 Å². The predicted octanol–water partition coefficient (Wildman–Crippen LogP) is 0.550. The molecule has 0 saturated heterocycles. The molecule has 0 radical (unpaired) electrons. The van der Waals surface area contributed by atoms with Crippen LogP contribution < -0.4 is 11.1 Å². The summed E-state index contributed by atoms with van der Waals surface area (Å²) in [5.41, 5.74) is 4.92. The number of carbonyl (C=O) groups is 1. The van der Waals surface area contributed by atoms with Crippen LogP contribution >= 0.6 is 11.8 Å². The van der Waals surface area contributed by atoms with E-state index in [4.69, 9.17) is 5.73 Å². The summed E-state index contributed by atoms with van der Waals surface area (Å²) in [7, 11) is 0. The molecule has 58 valence electrons. The second kappa shape index (κ2) is 2.70. The Bertz CT molecular complexity index is 145. The van der Waals surface area contributed by atoms with Crippen molar-refractivity contribution < 1.29 is 4.79 Å². The zero-order valence-electron chi connectivity index (χ0n) is 6.02. The van der Waals surface area contributed by atoms with Crippen LogP contribution in [0.15, 0.2) is 0 Å². The number of carbonyl (C=O) groups excluding carboxylic acids is 1. The van der Waals surface area contributed by atoms with Crippen LogP contribution in [0.1, 0.15) is 12.8 Å². The smallest absolute Gasteiger partial charge is 0.312 e. The number of urea groups is 1. The average molecular weight is 160 g/mol. The molecule has 0 bridgehead atoms. The molecule has 0 heterocycles. The van der Waals surface area contributed by atoms with Crippen LogP contribution in [0.25, 0.3) is 0 Å². The van der Waals surface area contributed by atoms with Gasteiger partial charge in [-0.05, 0) is 19.1 Å². The Balaban J connectivity index is 2.19. The minimum atomic E-state index is -0.416. The second-order valence-corrected chi connectivity index (χ2v) is 3.88. The molecule has 3 N–H and O–H groups in total. The van der Waals surface area contributed by atoms with Crippen LogP contribution in [0.5, 0.6) is 0 Å². The van der Waals surface area contributed by atoms with Crippen molar-refractivity contribution in [2.24, 2.45) is 5.73 Å². The molecule has 0 aromatic heterocycles. The van der Waals surface area contributed by atoms with Gasteiger partial charge in [-0.3, -0.25) is 0 Å². The van der Waals surface area contributed by atoms with E-state index in [1.165, 1.54) is 12.8 Å². The molecule has 1 aliphatic carbocycles. The molecule has 4 heteroatoms. The summed E-state index contributed by atoms with van der Waals surface area (Å²) >= 11 is 1.81. The molecule has 1 rings (SSSR count). The third-order valence-corrected chi connectivity index (χ3v) is 3.24.